The Morgan fingerprint density at radius 1 is 1.15 bits per heavy atom. The van der Waals surface area contributed by atoms with Crippen molar-refractivity contribution < 1.29 is 36.7 Å². The molecule has 0 amide bonds. The number of anilines is 1. The maximum absolute atomic E-state index is 13.5. The zero-order valence-electron chi connectivity index (χ0n) is 17.9. The number of halogens is 4. The molecule has 1 aliphatic rings. The number of aromatic nitrogens is 2. The minimum absolute atomic E-state index is 0.0468. The fourth-order valence-electron chi connectivity index (χ4n) is 3.84. The summed E-state index contributed by atoms with van der Waals surface area (Å²) >= 11 is 0. The SMILES string of the molecule is O=C(O)C1CCN(c2cccc(-c3noc(-c4ccc(OCCF)c(C(F)(F)F)c4)n3)c2)CC1. The van der Waals surface area contributed by atoms with E-state index < -0.39 is 36.7 Å². The number of aliphatic carboxylic acids is 1. The van der Waals surface area contributed by atoms with Crippen molar-refractivity contribution in [2.75, 3.05) is 31.3 Å². The van der Waals surface area contributed by atoms with Gasteiger partial charge in [0.15, 0.2) is 0 Å². The molecule has 1 N–H and O–H groups in total. The van der Waals surface area contributed by atoms with E-state index >= 15 is 0 Å². The first-order chi connectivity index (χ1) is 16.3. The van der Waals surface area contributed by atoms with Gasteiger partial charge in [-0.25, -0.2) is 4.39 Å². The van der Waals surface area contributed by atoms with Crippen LogP contribution >= 0.6 is 0 Å². The van der Waals surface area contributed by atoms with E-state index in [1.54, 1.807) is 12.1 Å². The molecule has 0 aliphatic carbocycles. The molecule has 1 aromatic heterocycles. The predicted molar refractivity (Wildman–Crippen MR) is 114 cm³/mol. The molecule has 11 heteroatoms. The number of carboxylic acids is 1. The Morgan fingerprint density at radius 2 is 1.91 bits per heavy atom. The third-order valence-electron chi connectivity index (χ3n) is 5.61. The van der Waals surface area contributed by atoms with Crippen LogP contribution in [0.25, 0.3) is 22.8 Å². The topological polar surface area (TPSA) is 88.7 Å². The highest BCUT2D eigenvalue weighted by Gasteiger charge is 2.35. The molecule has 0 atom stereocenters. The highest BCUT2D eigenvalue weighted by Crippen LogP contribution is 2.39. The first-order valence-corrected chi connectivity index (χ1v) is 10.6. The van der Waals surface area contributed by atoms with Crippen LogP contribution in [0.3, 0.4) is 0 Å². The van der Waals surface area contributed by atoms with Crippen LogP contribution in [-0.4, -0.2) is 47.6 Å². The number of carbonyl (C=O) groups is 1. The second-order valence-corrected chi connectivity index (χ2v) is 7.82. The number of alkyl halides is 4. The zero-order chi connectivity index (χ0) is 24.3. The van der Waals surface area contributed by atoms with Crippen LogP contribution in [-0.2, 0) is 11.0 Å². The maximum atomic E-state index is 13.5. The second kappa shape index (κ2) is 9.70. The van der Waals surface area contributed by atoms with Gasteiger partial charge in [0.2, 0.25) is 5.82 Å². The Hall–Kier alpha value is -3.63. The molecule has 1 saturated heterocycles. The van der Waals surface area contributed by atoms with E-state index in [2.05, 4.69) is 15.0 Å². The number of hydrogen-bond acceptors (Lipinski definition) is 6. The average Bonchev–Trinajstić information content (AvgIpc) is 3.33. The van der Waals surface area contributed by atoms with Gasteiger partial charge >= 0.3 is 12.1 Å². The molecule has 34 heavy (non-hydrogen) atoms. The largest absolute Gasteiger partial charge is 0.490 e. The summed E-state index contributed by atoms with van der Waals surface area (Å²) < 4.78 is 62.8. The molecule has 2 heterocycles. The third kappa shape index (κ3) is 5.13. The van der Waals surface area contributed by atoms with Crippen LogP contribution in [0.4, 0.5) is 23.2 Å². The lowest BCUT2D eigenvalue weighted by molar-refractivity contribution is -0.142. The number of nitrogens with zero attached hydrogens (tertiary/aromatic N) is 3. The molecule has 4 rings (SSSR count). The Bertz CT molecular complexity index is 1160. The number of benzene rings is 2. The van der Waals surface area contributed by atoms with Crippen molar-refractivity contribution in [3.63, 3.8) is 0 Å². The zero-order valence-corrected chi connectivity index (χ0v) is 17.9. The van der Waals surface area contributed by atoms with Crippen molar-refractivity contribution in [3.05, 3.63) is 48.0 Å². The molecule has 0 unspecified atom stereocenters. The minimum atomic E-state index is -4.72. The fourth-order valence-corrected chi connectivity index (χ4v) is 3.84. The van der Waals surface area contributed by atoms with Crippen molar-refractivity contribution in [1.29, 1.82) is 0 Å². The lowest BCUT2D eigenvalue weighted by atomic mass is 9.96. The van der Waals surface area contributed by atoms with Gasteiger partial charge in [-0.3, -0.25) is 4.79 Å². The summed E-state index contributed by atoms with van der Waals surface area (Å²) in [4.78, 5) is 17.5. The minimum Gasteiger partial charge on any atom is -0.490 e. The van der Waals surface area contributed by atoms with Crippen molar-refractivity contribution in [1.82, 2.24) is 10.1 Å². The van der Waals surface area contributed by atoms with E-state index in [-0.39, 0.29) is 23.2 Å². The van der Waals surface area contributed by atoms with E-state index in [0.29, 0.717) is 31.5 Å². The lowest BCUT2D eigenvalue weighted by Crippen LogP contribution is -2.36. The van der Waals surface area contributed by atoms with E-state index in [1.165, 1.54) is 6.07 Å². The molecule has 2 aromatic carbocycles. The molecule has 3 aromatic rings. The molecule has 180 valence electrons. The van der Waals surface area contributed by atoms with Crippen LogP contribution in [0.1, 0.15) is 18.4 Å². The Labute approximate surface area is 192 Å². The van der Waals surface area contributed by atoms with Crippen LogP contribution in [0.15, 0.2) is 47.0 Å². The maximum Gasteiger partial charge on any atom is 0.419 e. The van der Waals surface area contributed by atoms with Crippen molar-refractivity contribution >= 4 is 11.7 Å². The van der Waals surface area contributed by atoms with Gasteiger partial charge in [-0.15, -0.1) is 0 Å². The molecule has 0 spiro atoms. The van der Waals surface area contributed by atoms with Crippen molar-refractivity contribution in [2.24, 2.45) is 5.92 Å². The van der Waals surface area contributed by atoms with Crippen LogP contribution in [0.2, 0.25) is 0 Å². The molecule has 0 radical (unpaired) electrons. The van der Waals surface area contributed by atoms with Crippen LogP contribution in [0, 0.1) is 5.92 Å². The summed E-state index contributed by atoms with van der Waals surface area (Å²) in [6.45, 7) is -0.218. The number of carboxylic acid groups (broad SMARTS) is 1. The summed E-state index contributed by atoms with van der Waals surface area (Å²) in [5.41, 5.74) is 0.448. The Morgan fingerprint density at radius 3 is 2.59 bits per heavy atom. The van der Waals surface area contributed by atoms with Gasteiger partial charge in [0.05, 0.1) is 11.5 Å². The van der Waals surface area contributed by atoms with Gasteiger partial charge in [-0.1, -0.05) is 17.3 Å². The number of hydrogen-bond donors (Lipinski definition) is 1. The smallest absolute Gasteiger partial charge is 0.419 e. The van der Waals surface area contributed by atoms with Crippen molar-refractivity contribution in [2.45, 2.75) is 19.0 Å². The summed E-state index contributed by atoms with van der Waals surface area (Å²) in [6.07, 6.45) is -3.63. The molecule has 0 bridgehead atoms. The Balaban J connectivity index is 1.56. The molecular formula is C23H21F4N3O4. The van der Waals surface area contributed by atoms with E-state index in [0.717, 1.165) is 17.8 Å². The van der Waals surface area contributed by atoms with Crippen molar-refractivity contribution in [3.8, 4) is 28.6 Å². The molecule has 1 fully saturated rings. The highest BCUT2D eigenvalue weighted by atomic mass is 19.4. The standard InChI is InChI=1S/C23H21F4N3O4/c24-8-11-33-19-5-4-16(13-18(19)23(25,26)27)21-28-20(29-34-21)15-2-1-3-17(12-15)30-9-6-14(7-10-30)22(31)32/h1-5,12-14H,6-11H2,(H,31,32). The van der Waals surface area contributed by atoms with Gasteiger partial charge < -0.3 is 19.3 Å². The summed E-state index contributed by atoms with van der Waals surface area (Å²) in [5, 5.41) is 13.1. The summed E-state index contributed by atoms with van der Waals surface area (Å²) in [5.74, 6) is -1.53. The number of rotatable bonds is 7. The first kappa shape index (κ1) is 23.5. The summed E-state index contributed by atoms with van der Waals surface area (Å²) in [7, 11) is 0. The van der Waals surface area contributed by atoms with Gasteiger partial charge in [-0.05, 0) is 43.2 Å². The van der Waals surface area contributed by atoms with E-state index in [4.69, 9.17) is 14.4 Å². The first-order valence-electron chi connectivity index (χ1n) is 10.6. The van der Waals surface area contributed by atoms with E-state index in [9.17, 15) is 22.4 Å². The van der Waals surface area contributed by atoms with E-state index in [1.807, 2.05) is 12.1 Å². The molecular weight excluding hydrogens is 458 g/mol. The number of ether oxygens (including phenoxy) is 1. The average molecular weight is 479 g/mol. The van der Waals surface area contributed by atoms with Gasteiger partial charge in [-0.2, -0.15) is 18.2 Å². The van der Waals surface area contributed by atoms with Gasteiger partial charge in [0, 0.05) is 29.9 Å². The predicted octanol–water partition coefficient (Wildman–Crippen LogP) is 5.07. The number of piperidine rings is 1. The monoisotopic (exact) mass is 479 g/mol. The lowest BCUT2D eigenvalue weighted by Gasteiger charge is -2.32. The summed E-state index contributed by atoms with van der Waals surface area (Å²) in [6, 6.07) is 10.5. The normalized spacial score (nSPS) is 14.9. The van der Waals surface area contributed by atoms with Gasteiger partial charge in [0.1, 0.15) is 19.0 Å². The fraction of sp³-hybridized carbons (Fsp3) is 0.348. The second-order valence-electron chi connectivity index (χ2n) is 7.82. The van der Waals surface area contributed by atoms with Gasteiger partial charge in [0.25, 0.3) is 5.89 Å². The quantitative estimate of drug-likeness (QED) is 0.473. The third-order valence-corrected chi connectivity index (χ3v) is 5.61. The molecule has 1 aliphatic heterocycles. The highest BCUT2D eigenvalue weighted by molar-refractivity contribution is 5.71. The van der Waals surface area contributed by atoms with Crippen LogP contribution in [0.5, 0.6) is 5.75 Å². The van der Waals surface area contributed by atoms with Crippen LogP contribution < -0.4 is 9.64 Å². The molecule has 0 saturated carbocycles. The molecule has 7 nitrogen and oxygen atoms in total. The Kier molecular flexibility index (Phi) is 6.71.